The third-order valence-electron chi connectivity index (χ3n) is 7.01. The Morgan fingerprint density at radius 1 is 0.717 bits per heavy atom. The minimum atomic E-state index is -1.69. The maximum absolute atomic E-state index is 12.6. The van der Waals surface area contributed by atoms with E-state index in [9.17, 15) is 19.2 Å². The Morgan fingerprint density at radius 3 is 1.57 bits per heavy atom. The van der Waals surface area contributed by atoms with Crippen molar-refractivity contribution in [3.8, 4) is 0 Å². The first-order valence-electron chi connectivity index (χ1n) is 15.0. The Labute approximate surface area is 269 Å². The summed E-state index contributed by atoms with van der Waals surface area (Å²) < 4.78 is 54.3. The number of esters is 2. The summed E-state index contributed by atoms with van der Waals surface area (Å²) in [6.45, 7) is 18.3. The molecule has 2 aliphatic heterocycles. The van der Waals surface area contributed by atoms with Gasteiger partial charge in [-0.3, -0.25) is 5.73 Å². The molecule has 0 saturated carbocycles. The van der Waals surface area contributed by atoms with Crippen LogP contribution >= 0.6 is 0 Å². The van der Waals surface area contributed by atoms with Crippen LogP contribution in [0.1, 0.15) is 61.3 Å². The van der Waals surface area contributed by atoms with Crippen molar-refractivity contribution in [2.24, 2.45) is 5.73 Å². The second-order valence-electron chi connectivity index (χ2n) is 12.7. The number of ether oxygens (including phenoxy) is 10. The number of hydrogen-bond donors (Lipinski definition) is 1. The van der Waals surface area contributed by atoms with E-state index in [-0.39, 0.29) is 52.5 Å². The number of hydrogen-bond acceptors (Lipinski definition) is 15. The Bertz CT molecular complexity index is 1000. The fourth-order valence-electron chi connectivity index (χ4n) is 4.24. The third-order valence-corrected chi connectivity index (χ3v) is 7.01. The molecule has 15 heteroatoms. The van der Waals surface area contributed by atoms with Gasteiger partial charge in [0.05, 0.1) is 26.4 Å². The summed E-state index contributed by atoms with van der Waals surface area (Å²) in [7, 11) is 0. The highest BCUT2D eigenvalue weighted by molar-refractivity contribution is 5.78. The molecule has 0 radical (unpaired) electrons. The van der Waals surface area contributed by atoms with Gasteiger partial charge in [-0.15, -0.1) is 0 Å². The molecule has 262 valence electrons. The van der Waals surface area contributed by atoms with Gasteiger partial charge in [0, 0.05) is 12.8 Å². The van der Waals surface area contributed by atoms with Crippen LogP contribution in [0.4, 0.5) is 9.59 Å². The van der Waals surface area contributed by atoms with Gasteiger partial charge in [-0.05, 0) is 48.5 Å². The molecule has 0 aliphatic carbocycles. The smallest absolute Gasteiger partial charge is 0.459 e. The van der Waals surface area contributed by atoms with E-state index in [0.29, 0.717) is 0 Å². The van der Waals surface area contributed by atoms with Crippen LogP contribution in [0.15, 0.2) is 25.3 Å². The van der Waals surface area contributed by atoms with Gasteiger partial charge in [0.2, 0.25) is 5.72 Å². The molecule has 2 heterocycles. The first-order chi connectivity index (χ1) is 21.3. The molecule has 0 aromatic heterocycles. The van der Waals surface area contributed by atoms with Gasteiger partial charge in [0.25, 0.3) is 0 Å². The fraction of sp³-hybridized carbons (Fsp3) is 0.742. The van der Waals surface area contributed by atoms with Gasteiger partial charge >= 0.3 is 24.2 Å². The highest BCUT2D eigenvalue weighted by atomic mass is 16.8. The molecule has 2 aliphatic rings. The molecule has 0 bridgehead atoms. The highest BCUT2D eigenvalue weighted by Gasteiger charge is 2.52. The van der Waals surface area contributed by atoms with E-state index in [1.807, 2.05) is 0 Å². The molecule has 2 rings (SSSR count). The van der Waals surface area contributed by atoms with E-state index in [4.69, 9.17) is 53.1 Å². The number of rotatable bonds is 18. The van der Waals surface area contributed by atoms with E-state index >= 15 is 0 Å². The van der Waals surface area contributed by atoms with Crippen LogP contribution < -0.4 is 5.73 Å². The molecule has 5 atom stereocenters. The number of fused-ring (bicyclic) bond motifs is 1. The fourth-order valence-corrected chi connectivity index (χ4v) is 4.24. The summed E-state index contributed by atoms with van der Waals surface area (Å²) in [6.07, 6.45) is -1.58. The average molecular weight is 660 g/mol. The van der Waals surface area contributed by atoms with Crippen molar-refractivity contribution in [3.05, 3.63) is 25.3 Å². The van der Waals surface area contributed by atoms with Crippen LogP contribution in [-0.4, -0.2) is 111 Å². The minimum absolute atomic E-state index is 0.000186. The molecule has 46 heavy (non-hydrogen) atoms. The van der Waals surface area contributed by atoms with E-state index < -0.39 is 71.2 Å². The predicted molar refractivity (Wildman–Crippen MR) is 160 cm³/mol. The van der Waals surface area contributed by atoms with Crippen molar-refractivity contribution in [2.45, 2.75) is 108 Å². The van der Waals surface area contributed by atoms with Gasteiger partial charge in [0.15, 0.2) is 17.8 Å². The standard InChI is InChI=1S/C31H49NO14/c1-10-14-37-24(33)30(7,8)41-16-12-28(3,4)45-26(35)43-20-18-39-23-21(19-40-22(20)23)44-27(36)46-29(5,6)13-17-42-31(9,32)25(34)38-15-11-2/h10-11,20-23H,1-2,12-19,32H2,3-9H3. The second-order valence-corrected chi connectivity index (χ2v) is 12.7. The lowest BCUT2D eigenvalue weighted by Gasteiger charge is -2.28. The Balaban J connectivity index is 1.77. The largest absolute Gasteiger partial charge is 0.509 e. The lowest BCUT2D eigenvalue weighted by Crippen LogP contribution is -2.49. The predicted octanol–water partition coefficient (Wildman–Crippen LogP) is 3.11. The van der Waals surface area contributed by atoms with E-state index in [1.165, 1.54) is 19.1 Å². The molecule has 2 fully saturated rings. The zero-order valence-corrected chi connectivity index (χ0v) is 27.8. The molecule has 0 spiro atoms. The normalized spacial score (nSPS) is 22.5. The number of nitrogens with two attached hydrogens (primary N) is 1. The Morgan fingerprint density at radius 2 is 1.13 bits per heavy atom. The number of carbonyl (C=O) groups is 4. The van der Waals surface area contributed by atoms with Gasteiger partial charge < -0.3 is 47.4 Å². The van der Waals surface area contributed by atoms with Crippen LogP contribution in [0.25, 0.3) is 0 Å². The van der Waals surface area contributed by atoms with Crippen LogP contribution in [0, 0.1) is 0 Å². The third kappa shape index (κ3) is 12.2. The Kier molecular flexibility index (Phi) is 14.0. The second kappa shape index (κ2) is 16.5. The molecule has 0 aromatic carbocycles. The molecule has 5 unspecified atom stereocenters. The molecular formula is C31H49NO14. The van der Waals surface area contributed by atoms with Crippen LogP contribution in [0.5, 0.6) is 0 Å². The van der Waals surface area contributed by atoms with E-state index in [1.54, 1.807) is 41.5 Å². The topological polar surface area (TPSA) is 187 Å². The molecule has 0 amide bonds. The average Bonchev–Trinajstić information content (AvgIpc) is 3.51. The Hall–Kier alpha value is -3.24. The minimum Gasteiger partial charge on any atom is -0.459 e. The van der Waals surface area contributed by atoms with Gasteiger partial charge in [-0.2, -0.15) is 0 Å². The summed E-state index contributed by atoms with van der Waals surface area (Å²) in [4.78, 5) is 49.3. The summed E-state index contributed by atoms with van der Waals surface area (Å²) in [6, 6.07) is 0. The summed E-state index contributed by atoms with van der Waals surface area (Å²) in [5, 5.41) is 0. The zero-order valence-electron chi connectivity index (χ0n) is 27.8. The molecular weight excluding hydrogens is 610 g/mol. The highest BCUT2D eigenvalue weighted by Crippen LogP contribution is 2.32. The van der Waals surface area contributed by atoms with Crippen molar-refractivity contribution in [1.29, 1.82) is 0 Å². The molecule has 2 saturated heterocycles. The van der Waals surface area contributed by atoms with Crippen molar-refractivity contribution in [3.63, 3.8) is 0 Å². The summed E-state index contributed by atoms with van der Waals surface area (Å²) in [5.74, 6) is -1.30. The zero-order chi connectivity index (χ0) is 34.8. The first kappa shape index (κ1) is 38.9. The summed E-state index contributed by atoms with van der Waals surface area (Å²) >= 11 is 0. The number of carbonyl (C=O) groups excluding carboxylic acids is 4. The van der Waals surface area contributed by atoms with Crippen molar-refractivity contribution < 1.29 is 66.5 Å². The van der Waals surface area contributed by atoms with Crippen LogP contribution in [0.3, 0.4) is 0 Å². The van der Waals surface area contributed by atoms with Gasteiger partial charge in [-0.25, -0.2) is 19.2 Å². The SMILES string of the molecule is C=CCOC(=O)C(C)(C)OCCC(C)(C)OC(=O)OC1COC2C(OC(=O)OC(C)(C)CCOC(C)(N)C(=O)OCC=C)COC12. The van der Waals surface area contributed by atoms with Gasteiger partial charge in [0.1, 0.15) is 36.6 Å². The lowest BCUT2D eigenvalue weighted by atomic mass is 10.1. The maximum atomic E-state index is 12.6. The lowest BCUT2D eigenvalue weighted by molar-refractivity contribution is -0.170. The van der Waals surface area contributed by atoms with E-state index in [2.05, 4.69) is 13.2 Å². The van der Waals surface area contributed by atoms with Crippen molar-refractivity contribution in [1.82, 2.24) is 0 Å². The van der Waals surface area contributed by atoms with Crippen LogP contribution in [-0.2, 0) is 57.0 Å². The molecule has 0 aromatic rings. The van der Waals surface area contributed by atoms with Crippen LogP contribution in [0.2, 0.25) is 0 Å². The first-order valence-corrected chi connectivity index (χ1v) is 15.0. The summed E-state index contributed by atoms with van der Waals surface area (Å²) in [5.41, 5.74) is 0.956. The van der Waals surface area contributed by atoms with Crippen molar-refractivity contribution in [2.75, 3.05) is 39.6 Å². The van der Waals surface area contributed by atoms with Crippen molar-refractivity contribution >= 4 is 24.2 Å². The van der Waals surface area contributed by atoms with Gasteiger partial charge in [-0.1, -0.05) is 25.3 Å². The monoisotopic (exact) mass is 659 g/mol. The maximum Gasteiger partial charge on any atom is 0.509 e. The molecule has 15 nitrogen and oxygen atoms in total. The quantitative estimate of drug-likeness (QED) is 0.0978. The molecule has 2 N–H and O–H groups in total. The van der Waals surface area contributed by atoms with E-state index in [0.717, 1.165) is 0 Å².